The molecule has 1 aromatic carbocycles. The molecule has 2 aliphatic rings. The summed E-state index contributed by atoms with van der Waals surface area (Å²) >= 11 is 0. The number of rotatable bonds is 4. The summed E-state index contributed by atoms with van der Waals surface area (Å²) in [7, 11) is 0. The highest BCUT2D eigenvalue weighted by Gasteiger charge is 2.44. The molecule has 2 aromatic rings. The number of aromatic nitrogens is 2. The van der Waals surface area contributed by atoms with Crippen LogP contribution in [0.1, 0.15) is 41.9 Å². The van der Waals surface area contributed by atoms with Crippen molar-refractivity contribution >= 4 is 5.91 Å². The maximum absolute atomic E-state index is 12.5. The quantitative estimate of drug-likeness (QED) is 0.898. The second-order valence-electron chi connectivity index (χ2n) is 7.62. The van der Waals surface area contributed by atoms with Gasteiger partial charge in [-0.15, -0.1) is 0 Å². The van der Waals surface area contributed by atoms with Gasteiger partial charge < -0.3 is 14.6 Å². The van der Waals surface area contributed by atoms with Crippen molar-refractivity contribution in [1.29, 1.82) is 0 Å². The van der Waals surface area contributed by atoms with Gasteiger partial charge in [-0.05, 0) is 38.2 Å². The number of hydrogen-bond acceptors (Lipinski definition) is 4. The number of likely N-dealkylation sites (tertiary alicyclic amines) is 1. The van der Waals surface area contributed by atoms with Crippen molar-refractivity contribution in [2.75, 3.05) is 19.7 Å². The molecule has 4 rings (SSSR count). The number of benzene rings is 1. The molecule has 1 N–H and O–H groups in total. The van der Waals surface area contributed by atoms with E-state index in [0.717, 1.165) is 42.5 Å². The van der Waals surface area contributed by atoms with Gasteiger partial charge in [-0.3, -0.25) is 9.59 Å². The van der Waals surface area contributed by atoms with Gasteiger partial charge in [0.1, 0.15) is 12.4 Å². The molecule has 6 nitrogen and oxygen atoms in total. The molecular formula is C21H25N3O3. The van der Waals surface area contributed by atoms with E-state index in [0.29, 0.717) is 25.5 Å². The third-order valence-corrected chi connectivity index (χ3v) is 5.90. The van der Waals surface area contributed by atoms with E-state index >= 15 is 0 Å². The summed E-state index contributed by atoms with van der Waals surface area (Å²) in [6, 6.07) is 9.87. The maximum atomic E-state index is 12.5. The van der Waals surface area contributed by atoms with Gasteiger partial charge in [0.15, 0.2) is 0 Å². The van der Waals surface area contributed by atoms with Crippen LogP contribution in [0.3, 0.4) is 0 Å². The number of carbonyl (C=O) groups is 1. The largest absolute Gasteiger partial charge is 0.367 e. The summed E-state index contributed by atoms with van der Waals surface area (Å²) in [5, 5.41) is 0. The molecule has 1 spiro atoms. The molecule has 6 heteroatoms. The zero-order chi connectivity index (χ0) is 18.9. The van der Waals surface area contributed by atoms with Gasteiger partial charge >= 0.3 is 0 Å². The van der Waals surface area contributed by atoms with Crippen LogP contribution in [0.2, 0.25) is 0 Å². The number of amides is 1. The summed E-state index contributed by atoms with van der Waals surface area (Å²) in [6.07, 6.45) is 3.46. The Balaban J connectivity index is 1.35. The van der Waals surface area contributed by atoms with Gasteiger partial charge in [0.05, 0.1) is 12.3 Å². The lowest BCUT2D eigenvalue weighted by Crippen LogP contribution is -2.46. The van der Waals surface area contributed by atoms with Crippen molar-refractivity contribution in [2.24, 2.45) is 0 Å². The first kappa shape index (κ1) is 17.9. The normalized spacial score (nSPS) is 17.9. The third kappa shape index (κ3) is 3.54. The van der Waals surface area contributed by atoms with Crippen molar-refractivity contribution < 1.29 is 9.53 Å². The molecule has 1 aliphatic heterocycles. The average molecular weight is 367 g/mol. The zero-order valence-corrected chi connectivity index (χ0v) is 15.7. The van der Waals surface area contributed by atoms with E-state index in [1.807, 2.05) is 42.2 Å². The minimum absolute atomic E-state index is 0.00203. The van der Waals surface area contributed by atoms with E-state index in [-0.39, 0.29) is 23.5 Å². The van der Waals surface area contributed by atoms with Gasteiger partial charge in [-0.1, -0.05) is 30.3 Å². The van der Waals surface area contributed by atoms with E-state index in [1.54, 1.807) is 0 Å². The van der Waals surface area contributed by atoms with E-state index < -0.39 is 0 Å². The minimum atomic E-state index is -0.0456. The van der Waals surface area contributed by atoms with Crippen LogP contribution >= 0.6 is 0 Å². The number of carbonyl (C=O) groups excluding carboxylic acids is 1. The highest BCUT2D eigenvalue weighted by Crippen LogP contribution is 2.44. The SMILES string of the molecule is Cc1nc2c(c(=O)[nH]1)CCC21CCN(C(=O)COCc2ccccc2)CC1. The molecule has 27 heavy (non-hydrogen) atoms. The number of aryl methyl sites for hydroxylation is 1. The van der Waals surface area contributed by atoms with Gasteiger partial charge in [-0.2, -0.15) is 0 Å². The average Bonchev–Trinajstić information content (AvgIpc) is 3.01. The number of ether oxygens (including phenoxy) is 1. The summed E-state index contributed by atoms with van der Waals surface area (Å²) in [4.78, 5) is 34.0. The molecule has 1 saturated heterocycles. The maximum Gasteiger partial charge on any atom is 0.254 e. The van der Waals surface area contributed by atoms with Crippen LogP contribution < -0.4 is 5.56 Å². The summed E-state index contributed by atoms with van der Waals surface area (Å²) in [5.41, 5.74) is 2.83. The molecule has 1 fully saturated rings. The van der Waals surface area contributed by atoms with Crippen molar-refractivity contribution in [3.63, 3.8) is 0 Å². The Bertz CT molecular complexity index is 883. The Morgan fingerprint density at radius 2 is 1.96 bits per heavy atom. The fourth-order valence-electron chi connectivity index (χ4n) is 4.36. The van der Waals surface area contributed by atoms with Crippen LogP contribution in [0.25, 0.3) is 0 Å². The Morgan fingerprint density at radius 1 is 1.22 bits per heavy atom. The number of fused-ring (bicyclic) bond motifs is 2. The first-order valence-corrected chi connectivity index (χ1v) is 9.57. The van der Waals surface area contributed by atoms with Gasteiger partial charge in [0.25, 0.3) is 5.56 Å². The van der Waals surface area contributed by atoms with Gasteiger partial charge in [0.2, 0.25) is 5.91 Å². The second-order valence-corrected chi connectivity index (χ2v) is 7.62. The van der Waals surface area contributed by atoms with Crippen molar-refractivity contribution in [1.82, 2.24) is 14.9 Å². The Kier molecular flexibility index (Phi) is 4.83. The number of nitrogens with zero attached hydrogens (tertiary/aromatic N) is 2. The molecule has 0 unspecified atom stereocenters. The number of piperidine rings is 1. The predicted molar refractivity (Wildman–Crippen MR) is 102 cm³/mol. The lowest BCUT2D eigenvalue weighted by Gasteiger charge is -2.39. The van der Waals surface area contributed by atoms with Crippen molar-refractivity contribution in [2.45, 2.75) is 44.6 Å². The number of H-pyrrole nitrogens is 1. The smallest absolute Gasteiger partial charge is 0.254 e. The first-order valence-electron chi connectivity index (χ1n) is 9.57. The van der Waals surface area contributed by atoms with Crippen molar-refractivity contribution in [3.8, 4) is 0 Å². The van der Waals surface area contributed by atoms with Crippen molar-refractivity contribution in [3.05, 3.63) is 63.3 Å². The Labute approximate surface area is 158 Å². The van der Waals surface area contributed by atoms with Crippen LogP contribution in [-0.4, -0.2) is 40.5 Å². The third-order valence-electron chi connectivity index (χ3n) is 5.90. The summed E-state index contributed by atoms with van der Waals surface area (Å²) in [5.74, 6) is 0.710. The molecule has 1 amide bonds. The number of hydrogen-bond donors (Lipinski definition) is 1. The van der Waals surface area contributed by atoms with Crippen LogP contribution in [-0.2, 0) is 28.0 Å². The Morgan fingerprint density at radius 3 is 2.70 bits per heavy atom. The molecule has 142 valence electrons. The molecule has 1 aromatic heterocycles. The van der Waals surface area contributed by atoms with Crippen LogP contribution in [0.4, 0.5) is 0 Å². The van der Waals surface area contributed by atoms with Crippen LogP contribution in [0.15, 0.2) is 35.1 Å². The minimum Gasteiger partial charge on any atom is -0.367 e. The first-order chi connectivity index (χ1) is 13.1. The monoisotopic (exact) mass is 367 g/mol. The lowest BCUT2D eigenvalue weighted by atomic mass is 9.76. The zero-order valence-electron chi connectivity index (χ0n) is 15.7. The molecule has 0 bridgehead atoms. The summed E-state index contributed by atoms with van der Waals surface area (Å²) < 4.78 is 5.59. The summed E-state index contributed by atoms with van der Waals surface area (Å²) in [6.45, 7) is 3.77. The lowest BCUT2D eigenvalue weighted by molar-refractivity contribution is -0.138. The number of nitrogens with one attached hydrogen (secondary N) is 1. The van der Waals surface area contributed by atoms with E-state index in [2.05, 4.69) is 9.97 Å². The molecule has 0 atom stereocenters. The molecule has 0 saturated carbocycles. The number of aromatic amines is 1. The Hall–Kier alpha value is -2.47. The second kappa shape index (κ2) is 7.27. The highest BCUT2D eigenvalue weighted by atomic mass is 16.5. The topological polar surface area (TPSA) is 75.3 Å². The fraction of sp³-hybridized carbons (Fsp3) is 0.476. The van der Waals surface area contributed by atoms with Crippen LogP contribution in [0, 0.1) is 6.92 Å². The fourth-order valence-corrected chi connectivity index (χ4v) is 4.36. The highest BCUT2D eigenvalue weighted by molar-refractivity contribution is 5.77. The van der Waals surface area contributed by atoms with E-state index in [9.17, 15) is 9.59 Å². The van der Waals surface area contributed by atoms with Gasteiger partial charge in [0, 0.05) is 24.1 Å². The predicted octanol–water partition coefficient (Wildman–Crippen LogP) is 2.10. The molecule has 1 aliphatic carbocycles. The molecule has 2 heterocycles. The van der Waals surface area contributed by atoms with E-state index in [1.165, 1.54) is 0 Å². The molecule has 0 radical (unpaired) electrons. The van der Waals surface area contributed by atoms with Gasteiger partial charge in [-0.25, -0.2) is 4.98 Å². The standard InChI is InChI=1S/C21H25N3O3/c1-15-22-19-17(20(26)23-15)7-8-21(19)9-11-24(12-10-21)18(25)14-27-13-16-5-3-2-4-6-16/h2-6H,7-14H2,1H3,(H,22,23,26). The van der Waals surface area contributed by atoms with E-state index in [4.69, 9.17) is 4.74 Å². The molecular weight excluding hydrogens is 342 g/mol. The van der Waals surface area contributed by atoms with Crippen LogP contribution in [0.5, 0.6) is 0 Å².